The van der Waals surface area contributed by atoms with E-state index in [1.165, 1.54) is 29.0 Å². The Hall–Kier alpha value is -2.61. The highest BCUT2D eigenvalue weighted by Crippen LogP contribution is 2.18. The molecule has 1 amide bonds. The van der Waals surface area contributed by atoms with Gasteiger partial charge < -0.3 is 0 Å². The minimum atomic E-state index is -0.359. The van der Waals surface area contributed by atoms with Crippen LogP contribution < -0.4 is 5.32 Å². The van der Waals surface area contributed by atoms with Gasteiger partial charge >= 0.3 is 0 Å². The molecule has 8 heteroatoms. The van der Waals surface area contributed by atoms with Crippen molar-refractivity contribution in [3.63, 3.8) is 0 Å². The summed E-state index contributed by atoms with van der Waals surface area (Å²) < 4.78 is 12.8. The Labute approximate surface area is 116 Å². The van der Waals surface area contributed by atoms with Gasteiger partial charge in [-0.3, -0.25) is 15.2 Å². The van der Waals surface area contributed by atoms with E-state index >= 15 is 0 Å². The van der Waals surface area contributed by atoms with Gasteiger partial charge in [0, 0.05) is 5.56 Å². The van der Waals surface area contributed by atoms with Crippen LogP contribution in [0.4, 0.5) is 9.52 Å². The standard InChI is InChI=1S/C12H8FN5OS/c13-8-3-1-7(2-4-8)9-5-10(17-16-9)11(19)15-12-18-14-6-20-12/h1-6H,(H,16,17)(H,15,18,19). The lowest BCUT2D eigenvalue weighted by atomic mass is 10.1. The molecule has 0 spiro atoms. The molecular formula is C12H8FN5OS. The monoisotopic (exact) mass is 289 g/mol. The number of rotatable bonds is 3. The number of hydrogen-bond acceptors (Lipinski definition) is 5. The molecular weight excluding hydrogens is 281 g/mol. The molecule has 0 saturated heterocycles. The van der Waals surface area contributed by atoms with Crippen LogP contribution in [0.5, 0.6) is 0 Å². The Balaban J connectivity index is 1.79. The molecule has 0 saturated carbocycles. The lowest BCUT2D eigenvalue weighted by Gasteiger charge is -1.96. The van der Waals surface area contributed by atoms with E-state index in [-0.39, 0.29) is 11.7 Å². The topological polar surface area (TPSA) is 83.6 Å². The largest absolute Gasteiger partial charge is 0.295 e. The van der Waals surface area contributed by atoms with E-state index in [1.54, 1.807) is 18.2 Å². The highest BCUT2D eigenvalue weighted by atomic mass is 32.1. The van der Waals surface area contributed by atoms with Gasteiger partial charge in [-0.25, -0.2) is 4.39 Å². The highest BCUT2D eigenvalue weighted by Gasteiger charge is 2.12. The first-order valence-corrected chi connectivity index (χ1v) is 6.49. The molecule has 2 heterocycles. The normalized spacial score (nSPS) is 10.4. The number of amides is 1. The van der Waals surface area contributed by atoms with Crippen molar-refractivity contribution in [2.45, 2.75) is 0 Å². The van der Waals surface area contributed by atoms with Crippen LogP contribution in [0.15, 0.2) is 35.8 Å². The summed E-state index contributed by atoms with van der Waals surface area (Å²) in [6.45, 7) is 0. The Morgan fingerprint density at radius 1 is 1.30 bits per heavy atom. The van der Waals surface area contributed by atoms with E-state index in [2.05, 4.69) is 25.7 Å². The molecule has 0 bridgehead atoms. The molecule has 2 N–H and O–H groups in total. The molecule has 3 rings (SSSR count). The number of carbonyl (C=O) groups is 1. The lowest BCUT2D eigenvalue weighted by molar-refractivity contribution is 0.102. The van der Waals surface area contributed by atoms with Gasteiger partial charge in [0.1, 0.15) is 17.0 Å². The zero-order chi connectivity index (χ0) is 13.9. The molecule has 0 atom stereocenters. The summed E-state index contributed by atoms with van der Waals surface area (Å²) in [5.74, 6) is -0.680. The van der Waals surface area contributed by atoms with Gasteiger partial charge in [-0.15, -0.1) is 10.2 Å². The molecule has 0 aliphatic heterocycles. The minimum Gasteiger partial charge on any atom is -0.295 e. The van der Waals surface area contributed by atoms with Crippen molar-refractivity contribution < 1.29 is 9.18 Å². The van der Waals surface area contributed by atoms with Gasteiger partial charge in [-0.2, -0.15) is 5.10 Å². The first kappa shape index (κ1) is 12.4. The SMILES string of the molecule is O=C(Nc1nncs1)c1cc(-c2ccc(F)cc2)n[nH]1. The maximum atomic E-state index is 12.8. The van der Waals surface area contributed by atoms with E-state index in [4.69, 9.17) is 0 Å². The van der Waals surface area contributed by atoms with Crippen LogP contribution in [0.2, 0.25) is 0 Å². The predicted molar refractivity (Wildman–Crippen MR) is 71.8 cm³/mol. The van der Waals surface area contributed by atoms with Crippen molar-refractivity contribution in [1.82, 2.24) is 20.4 Å². The number of benzene rings is 1. The number of aromatic nitrogens is 4. The van der Waals surface area contributed by atoms with E-state index in [9.17, 15) is 9.18 Å². The van der Waals surface area contributed by atoms with Crippen molar-refractivity contribution in [3.05, 3.63) is 47.4 Å². The second-order valence-electron chi connectivity index (χ2n) is 3.87. The summed E-state index contributed by atoms with van der Waals surface area (Å²) in [5, 5.41) is 17.0. The lowest BCUT2D eigenvalue weighted by Crippen LogP contribution is -2.12. The summed E-state index contributed by atoms with van der Waals surface area (Å²) in [4.78, 5) is 11.9. The molecule has 0 radical (unpaired) electrons. The number of carbonyl (C=O) groups excluding carboxylic acids is 1. The van der Waals surface area contributed by atoms with Crippen LogP contribution in [0.3, 0.4) is 0 Å². The zero-order valence-electron chi connectivity index (χ0n) is 10.0. The summed E-state index contributed by atoms with van der Waals surface area (Å²) in [6.07, 6.45) is 0. The maximum absolute atomic E-state index is 12.8. The number of nitrogens with zero attached hydrogens (tertiary/aromatic N) is 3. The fourth-order valence-electron chi connectivity index (χ4n) is 1.60. The van der Waals surface area contributed by atoms with E-state index in [0.717, 1.165) is 5.56 Å². The Morgan fingerprint density at radius 2 is 2.10 bits per heavy atom. The minimum absolute atomic E-state index is 0.291. The highest BCUT2D eigenvalue weighted by molar-refractivity contribution is 7.13. The van der Waals surface area contributed by atoms with Crippen LogP contribution in [-0.2, 0) is 0 Å². The van der Waals surface area contributed by atoms with Crippen LogP contribution >= 0.6 is 11.3 Å². The van der Waals surface area contributed by atoms with E-state index in [1.807, 2.05) is 0 Å². The third-order valence-electron chi connectivity index (χ3n) is 2.54. The second-order valence-corrected chi connectivity index (χ2v) is 4.70. The van der Waals surface area contributed by atoms with Crippen molar-refractivity contribution in [2.24, 2.45) is 0 Å². The smallest absolute Gasteiger partial charge is 0.275 e. The molecule has 2 aromatic heterocycles. The Bertz CT molecular complexity index is 723. The Kier molecular flexibility index (Phi) is 3.21. The van der Waals surface area contributed by atoms with Gasteiger partial charge in [0.25, 0.3) is 5.91 Å². The number of hydrogen-bond donors (Lipinski definition) is 2. The molecule has 0 aliphatic carbocycles. The average Bonchev–Trinajstić information content (AvgIpc) is 3.10. The first-order valence-electron chi connectivity index (χ1n) is 5.61. The molecule has 1 aromatic carbocycles. The van der Waals surface area contributed by atoms with Crippen LogP contribution in [0, 0.1) is 5.82 Å². The summed E-state index contributed by atoms with van der Waals surface area (Å²) in [5.41, 5.74) is 3.09. The maximum Gasteiger partial charge on any atom is 0.275 e. The van der Waals surface area contributed by atoms with Gasteiger partial charge in [0.2, 0.25) is 5.13 Å². The molecule has 20 heavy (non-hydrogen) atoms. The third-order valence-corrected chi connectivity index (χ3v) is 3.15. The second kappa shape index (κ2) is 5.17. The molecule has 0 fully saturated rings. The van der Waals surface area contributed by atoms with Crippen molar-refractivity contribution in [3.8, 4) is 11.3 Å². The number of H-pyrrole nitrogens is 1. The van der Waals surface area contributed by atoms with Crippen LogP contribution in [-0.4, -0.2) is 26.3 Å². The Morgan fingerprint density at radius 3 is 2.80 bits per heavy atom. The van der Waals surface area contributed by atoms with Gasteiger partial charge in [-0.05, 0) is 30.3 Å². The van der Waals surface area contributed by atoms with Crippen LogP contribution in [0.1, 0.15) is 10.5 Å². The third kappa shape index (κ3) is 2.54. The predicted octanol–water partition coefficient (Wildman–Crippen LogP) is 2.32. The van der Waals surface area contributed by atoms with Crippen molar-refractivity contribution >= 4 is 22.4 Å². The van der Waals surface area contributed by atoms with Gasteiger partial charge in [0.15, 0.2) is 0 Å². The number of aromatic amines is 1. The fourth-order valence-corrected chi connectivity index (χ4v) is 2.04. The van der Waals surface area contributed by atoms with Gasteiger partial charge in [-0.1, -0.05) is 11.3 Å². The van der Waals surface area contributed by atoms with E-state index in [0.29, 0.717) is 16.5 Å². The molecule has 3 aromatic rings. The van der Waals surface area contributed by atoms with Crippen molar-refractivity contribution in [2.75, 3.05) is 5.32 Å². The van der Waals surface area contributed by atoms with Gasteiger partial charge in [0.05, 0.1) is 5.69 Å². The fraction of sp³-hybridized carbons (Fsp3) is 0. The number of anilines is 1. The number of halogens is 1. The number of nitrogens with one attached hydrogen (secondary N) is 2. The summed E-state index contributed by atoms with van der Waals surface area (Å²) in [6, 6.07) is 7.45. The molecule has 0 aliphatic rings. The van der Waals surface area contributed by atoms with Crippen LogP contribution in [0.25, 0.3) is 11.3 Å². The molecule has 100 valence electrons. The molecule has 6 nitrogen and oxygen atoms in total. The summed E-state index contributed by atoms with van der Waals surface area (Å²) in [7, 11) is 0. The summed E-state index contributed by atoms with van der Waals surface area (Å²) >= 11 is 1.22. The quantitative estimate of drug-likeness (QED) is 0.775. The zero-order valence-corrected chi connectivity index (χ0v) is 10.8. The first-order chi connectivity index (χ1) is 9.72. The van der Waals surface area contributed by atoms with E-state index < -0.39 is 0 Å². The average molecular weight is 289 g/mol. The van der Waals surface area contributed by atoms with Crippen molar-refractivity contribution in [1.29, 1.82) is 0 Å². The molecule has 0 unspecified atom stereocenters.